The highest BCUT2D eigenvalue weighted by atomic mass is 16.3. The lowest BCUT2D eigenvalue weighted by Crippen LogP contribution is -1.96. The Balaban J connectivity index is 2.03. The first-order valence-electron chi connectivity index (χ1n) is 8.03. The molecule has 24 heavy (non-hydrogen) atoms. The first kappa shape index (κ1) is 14.7. The van der Waals surface area contributed by atoms with Gasteiger partial charge >= 0.3 is 0 Å². The Labute approximate surface area is 140 Å². The summed E-state index contributed by atoms with van der Waals surface area (Å²) in [6.45, 7) is 8.22. The first-order chi connectivity index (χ1) is 11.5. The lowest BCUT2D eigenvalue weighted by Gasteiger charge is -2.08. The normalized spacial score (nSPS) is 16.5. The van der Waals surface area contributed by atoms with Gasteiger partial charge < -0.3 is 9.40 Å². The molecular weight excluding hydrogens is 298 g/mol. The minimum atomic E-state index is 0.599. The van der Waals surface area contributed by atoms with Gasteiger partial charge in [-0.25, -0.2) is 4.98 Å². The maximum atomic E-state index is 6.06. The molecule has 0 atom stereocenters. The number of para-hydroxylation sites is 2. The molecule has 0 amide bonds. The molecule has 0 spiro atoms. The molecule has 4 nitrogen and oxygen atoms in total. The third-order valence-electron chi connectivity index (χ3n) is 4.23. The minimum absolute atomic E-state index is 0.599. The molecule has 1 N–H and O–H groups in total. The largest absolute Gasteiger partial charge is 0.436 e. The number of nitrogens with one attached hydrogen (secondary N) is 1. The second-order valence-electron chi connectivity index (χ2n) is 6.30. The summed E-state index contributed by atoms with van der Waals surface area (Å²) in [5.41, 5.74) is 8.88. The van der Waals surface area contributed by atoms with Crippen molar-refractivity contribution in [1.82, 2.24) is 9.97 Å². The zero-order chi connectivity index (χ0) is 16.8. The summed E-state index contributed by atoms with van der Waals surface area (Å²) >= 11 is 0. The van der Waals surface area contributed by atoms with Crippen LogP contribution in [0.25, 0.3) is 16.7 Å². The highest BCUT2D eigenvalue weighted by Crippen LogP contribution is 2.35. The van der Waals surface area contributed by atoms with Gasteiger partial charge in [0.25, 0.3) is 0 Å². The summed E-state index contributed by atoms with van der Waals surface area (Å²) < 4.78 is 6.06. The van der Waals surface area contributed by atoms with Gasteiger partial charge in [-0.05, 0) is 63.1 Å². The van der Waals surface area contributed by atoms with E-state index in [1.165, 1.54) is 0 Å². The van der Waals surface area contributed by atoms with Crippen LogP contribution in [0.15, 0.2) is 57.1 Å². The smallest absolute Gasteiger partial charge is 0.231 e. The van der Waals surface area contributed by atoms with E-state index in [0.717, 1.165) is 50.6 Å². The number of oxazole rings is 1. The number of benzene rings is 1. The highest BCUT2D eigenvalue weighted by molar-refractivity contribution is 6.00. The predicted molar refractivity (Wildman–Crippen MR) is 97.2 cm³/mol. The van der Waals surface area contributed by atoms with E-state index in [9.17, 15) is 0 Å². The molecule has 0 bridgehead atoms. The second-order valence-corrected chi connectivity index (χ2v) is 6.30. The van der Waals surface area contributed by atoms with Crippen molar-refractivity contribution in [2.75, 3.05) is 0 Å². The maximum Gasteiger partial charge on any atom is 0.231 e. The minimum Gasteiger partial charge on any atom is -0.436 e. The molecule has 4 rings (SSSR count). The number of aryl methyl sites for hydroxylation is 2. The SMILES string of the molecule is CC1=CC(C)=NC1=C(c1nc2ccccc2o1)c1[nH]c(C)cc1C. The van der Waals surface area contributed by atoms with Gasteiger partial charge in [0.15, 0.2) is 5.58 Å². The number of aromatic amines is 1. The van der Waals surface area contributed by atoms with Crippen LogP contribution in [0.2, 0.25) is 0 Å². The van der Waals surface area contributed by atoms with Crippen LogP contribution in [-0.4, -0.2) is 15.7 Å². The molecule has 4 heteroatoms. The fraction of sp³-hybridized carbons (Fsp3) is 0.200. The van der Waals surface area contributed by atoms with Gasteiger partial charge in [-0.2, -0.15) is 0 Å². The molecule has 0 unspecified atom stereocenters. The summed E-state index contributed by atoms with van der Waals surface area (Å²) in [5, 5.41) is 0. The number of nitrogens with zero attached hydrogens (tertiary/aromatic N) is 2. The number of hydrogen-bond acceptors (Lipinski definition) is 3. The number of aromatic nitrogens is 2. The van der Waals surface area contributed by atoms with Crippen molar-refractivity contribution < 1.29 is 4.42 Å². The van der Waals surface area contributed by atoms with E-state index in [-0.39, 0.29) is 0 Å². The number of fused-ring (bicyclic) bond motifs is 1. The van der Waals surface area contributed by atoms with E-state index in [0.29, 0.717) is 5.89 Å². The molecule has 1 aromatic carbocycles. The predicted octanol–water partition coefficient (Wildman–Crippen LogP) is 4.95. The van der Waals surface area contributed by atoms with E-state index >= 15 is 0 Å². The average Bonchev–Trinajstić information content (AvgIpc) is 3.18. The monoisotopic (exact) mass is 317 g/mol. The van der Waals surface area contributed by atoms with Crippen LogP contribution in [0.4, 0.5) is 0 Å². The van der Waals surface area contributed by atoms with Crippen LogP contribution >= 0.6 is 0 Å². The van der Waals surface area contributed by atoms with E-state index in [4.69, 9.17) is 14.4 Å². The van der Waals surface area contributed by atoms with Crippen molar-refractivity contribution in [1.29, 1.82) is 0 Å². The molecule has 1 aliphatic rings. The van der Waals surface area contributed by atoms with Crippen LogP contribution in [-0.2, 0) is 0 Å². The zero-order valence-electron chi connectivity index (χ0n) is 14.3. The topological polar surface area (TPSA) is 54.2 Å². The van der Waals surface area contributed by atoms with Crippen LogP contribution in [0.5, 0.6) is 0 Å². The maximum absolute atomic E-state index is 6.06. The summed E-state index contributed by atoms with van der Waals surface area (Å²) in [4.78, 5) is 12.9. The van der Waals surface area contributed by atoms with Gasteiger partial charge in [-0.1, -0.05) is 12.1 Å². The number of allylic oxidation sites excluding steroid dienone is 2. The van der Waals surface area contributed by atoms with Gasteiger partial charge in [-0.15, -0.1) is 0 Å². The molecule has 0 saturated heterocycles. The first-order valence-corrected chi connectivity index (χ1v) is 8.03. The Morgan fingerprint density at radius 3 is 2.50 bits per heavy atom. The van der Waals surface area contributed by atoms with Crippen molar-refractivity contribution in [3.05, 3.63) is 70.5 Å². The Morgan fingerprint density at radius 2 is 1.88 bits per heavy atom. The van der Waals surface area contributed by atoms with Crippen LogP contribution in [0.1, 0.15) is 36.7 Å². The molecule has 0 saturated carbocycles. The summed E-state index contributed by atoms with van der Waals surface area (Å²) in [5.74, 6) is 0.599. The van der Waals surface area contributed by atoms with Crippen molar-refractivity contribution >= 4 is 22.4 Å². The lowest BCUT2D eigenvalue weighted by molar-refractivity contribution is 0.584. The van der Waals surface area contributed by atoms with Crippen LogP contribution in [0, 0.1) is 13.8 Å². The quantitative estimate of drug-likeness (QED) is 0.727. The third-order valence-corrected chi connectivity index (χ3v) is 4.23. The van der Waals surface area contributed by atoms with E-state index in [1.54, 1.807) is 0 Å². The molecule has 120 valence electrons. The molecule has 0 fully saturated rings. The van der Waals surface area contributed by atoms with Gasteiger partial charge in [0, 0.05) is 11.4 Å². The molecule has 0 aliphatic carbocycles. The third kappa shape index (κ3) is 2.31. The molecule has 0 radical (unpaired) electrons. The molecule has 2 aromatic heterocycles. The van der Waals surface area contributed by atoms with E-state index < -0.39 is 0 Å². The zero-order valence-corrected chi connectivity index (χ0v) is 14.3. The van der Waals surface area contributed by atoms with Crippen molar-refractivity contribution in [3.63, 3.8) is 0 Å². The van der Waals surface area contributed by atoms with Gasteiger partial charge in [0.2, 0.25) is 5.89 Å². The Hall–Kier alpha value is -2.88. The van der Waals surface area contributed by atoms with E-state index in [2.05, 4.69) is 37.9 Å². The van der Waals surface area contributed by atoms with Crippen molar-refractivity contribution in [2.24, 2.45) is 4.99 Å². The van der Waals surface area contributed by atoms with Crippen LogP contribution in [0.3, 0.4) is 0 Å². The van der Waals surface area contributed by atoms with Gasteiger partial charge in [-0.3, -0.25) is 4.99 Å². The standard InChI is InChI=1S/C20H19N3O/c1-11-9-13(3)21-18(11)17(19-12(2)10-14(4)22-19)20-23-15-7-5-6-8-16(15)24-20/h5-10,21H,1-4H3. The van der Waals surface area contributed by atoms with Crippen LogP contribution < -0.4 is 0 Å². The summed E-state index contributed by atoms with van der Waals surface area (Å²) in [6.07, 6.45) is 2.09. The number of hydrogen-bond donors (Lipinski definition) is 1. The highest BCUT2D eigenvalue weighted by Gasteiger charge is 2.23. The fourth-order valence-electron chi connectivity index (χ4n) is 3.23. The average molecular weight is 317 g/mol. The molecule has 3 aromatic rings. The van der Waals surface area contributed by atoms with Crippen molar-refractivity contribution in [3.8, 4) is 0 Å². The number of rotatable bonds is 2. The lowest BCUT2D eigenvalue weighted by atomic mass is 10.0. The van der Waals surface area contributed by atoms with Gasteiger partial charge in [0.05, 0.1) is 17.0 Å². The van der Waals surface area contributed by atoms with E-state index in [1.807, 2.05) is 31.2 Å². The van der Waals surface area contributed by atoms with Crippen molar-refractivity contribution in [2.45, 2.75) is 27.7 Å². The molecule has 3 heterocycles. The second kappa shape index (κ2) is 5.34. The Kier molecular flexibility index (Phi) is 3.27. The molecular formula is C20H19N3O. The Morgan fingerprint density at radius 1 is 1.08 bits per heavy atom. The number of H-pyrrole nitrogens is 1. The number of aliphatic imine (C=N–C) groups is 1. The fourth-order valence-corrected chi connectivity index (χ4v) is 3.23. The molecule has 1 aliphatic heterocycles. The summed E-state index contributed by atoms with van der Waals surface area (Å²) in [7, 11) is 0. The van der Waals surface area contributed by atoms with Gasteiger partial charge in [0.1, 0.15) is 5.52 Å². The Bertz CT molecular complexity index is 1010. The summed E-state index contributed by atoms with van der Waals surface area (Å²) in [6, 6.07) is 9.95.